The van der Waals surface area contributed by atoms with Gasteiger partial charge in [-0.25, -0.2) is 4.79 Å². The Kier molecular flexibility index (Phi) is 5.36. The molecule has 2 N–H and O–H groups in total. The predicted octanol–water partition coefficient (Wildman–Crippen LogP) is 5.20. The number of thiophene rings is 1. The van der Waals surface area contributed by atoms with E-state index in [4.69, 9.17) is 0 Å². The second kappa shape index (κ2) is 8.08. The third-order valence-electron chi connectivity index (χ3n) is 4.41. The van der Waals surface area contributed by atoms with Crippen molar-refractivity contribution in [2.75, 3.05) is 16.8 Å². The Labute approximate surface area is 171 Å². The minimum atomic E-state index is -0.271. The smallest absolute Gasteiger partial charge is 0.319 e. The molecule has 3 amide bonds. The maximum atomic E-state index is 13.0. The molecule has 142 valence electrons. The van der Waals surface area contributed by atoms with Crippen LogP contribution in [0.15, 0.2) is 69.8 Å². The summed E-state index contributed by atoms with van der Waals surface area (Å²) in [7, 11) is 0. The summed E-state index contributed by atoms with van der Waals surface area (Å²) in [6, 6.07) is 17.0. The van der Waals surface area contributed by atoms with Crippen molar-refractivity contribution in [3.05, 3.63) is 70.4 Å². The molecule has 4 rings (SSSR count). The van der Waals surface area contributed by atoms with Gasteiger partial charge in [0.15, 0.2) is 0 Å². The fourth-order valence-electron chi connectivity index (χ4n) is 3.07. The van der Waals surface area contributed by atoms with E-state index >= 15 is 0 Å². The molecule has 0 unspecified atom stereocenters. The van der Waals surface area contributed by atoms with Gasteiger partial charge in [0.2, 0.25) is 0 Å². The lowest BCUT2D eigenvalue weighted by atomic mass is 10.1. The molecule has 0 bridgehead atoms. The summed E-state index contributed by atoms with van der Waals surface area (Å²) in [6.45, 7) is 2.99. The van der Waals surface area contributed by atoms with Gasteiger partial charge in [0, 0.05) is 26.9 Å². The summed E-state index contributed by atoms with van der Waals surface area (Å²) in [5, 5.41) is 7.69. The van der Waals surface area contributed by atoms with Crippen molar-refractivity contribution >= 4 is 46.4 Å². The van der Waals surface area contributed by atoms with Crippen molar-refractivity contribution in [3.8, 4) is 0 Å². The minimum absolute atomic E-state index is 0.0244. The molecule has 0 saturated heterocycles. The largest absolute Gasteiger partial charge is 0.333 e. The highest BCUT2D eigenvalue weighted by Crippen LogP contribution is 2.42. The highest BCUT2D eigenvalue weighted by Gasteiger charge is 2.26. The first-order valence-corrected chi connectivity index (χ1v) is 10.7. The molecule has 1 aromatic heterocycles. The molecule has 3 aromatic rings. The first kappa shape index (κ1) is 18.6. The van der Waals surface area contributed by atoms with E-state index in [9.17, 15) is 9.59 Å². The molecule has 0 atom stereocenters. The van der Waals surface area contributed by atoms with Crippen LogP contribution in [-0.2, 0) is 6.54 Å². The van der Waals surface area contributed by atoms with Gasteiger partial charge < -0.3 is 15.5 Å². The zero-order valence-electron chi connectivity index (χ0n) is 15.3. The van der Waals surface area contributed by atoms with E-state index in [-0.39, 0.29) is 11.9 Å². The van der Waals surface area contributed by atoms with Crippen molar-refractivity contribution in [2.45, 2.75) is 23.3 Å². The van der Waals surface area contributed by atoms with Crippen LogP contribution in [0.25, 0.3) is 0 Å². The highest BCUT2D eigenvalue weighted by atomic mass is 32.2. The second-order valence-electron chi connectivity index (χ2n) is 6.22. The molecule has 28 heavy (non-hydrogen) atoms. The summed E-state index contributed by atoms with van der Waals surface area (Å²) in [5.41, 5.74) is 2.17. The molecule has 0 fully saturated rings. The van der Waals surface area contributed by atoms with E-state index in [1.165, 1.54) is 0 Å². The number of rotatable bonds is 4. The fraction of sp³-hybridized carbons (Fsp3) is 0.143. The SMILES string of the molecule is CCN1C(=O)c2ccccc2Sc2ccc(NC(=O)NCc3cccs3)cc21. The van der Waals surface area contributed by atoms with Gasteiger partial charge in [-0.1, -0.05) is 30.0 Å². The van der Waals surface area contributed by atoms with Crippen LogP contribution >= 0.6 is 23.1 Å². The standard InChI is InChI=1S/C21H19N3O2S2/c1-2-24-17-12-14(23-21(26)22-13-15-6-5-11-27-15)9-10-19(17)28-18-8-4-3-7-16(18)20(24)25/h3-12H,2,13H2,1H3,(H2,22,23,26). The Bertz CT molecular complexity index is 1020. The molecule has 1 aliphatic heterocycles. The van der Waals surface area contributed by atoms with Gasteiger partial charge >= 0.3 is 6.03 Å². The van der Waals surface area contributed by atoms with Gasteiger partial charge in [-0.05, 0) is 48.7 Å². The number of nitrogens with one attached hydrogen (secondary N) is 2. The van der Waals surface area contributed by atoms with E-state index in [0.717, 1.165) is 20.4 Å². The van der Waals surface area contributed by atoms with Gasteiger partial charge in [0.1, 0.15) is 0 Å². The summed E-state index contributed by atoms with van der Waals surface area (Å²) in [4.78, 5) is 30.0. The molecule has 0 aliphatic carbocycles. The maximum absolute atomic E-state index is 13.0. The lowest BCUT2D eigenvalue weighted by Crippen LogP contribution is -2.31. The molecule has 2 aromatic carbocycles. The summed E-state index contributed by atoms with van der Waals surface area (Å²) in [5.74, 6) is -0.0244. The van der Waals surface area contributed by atoms with Gasteiger partial charge in [-0.2, -0.15) is 0 Å². The Morgan fingerprint density at radius 3 is 2.71 bits per heavy atom. The minimum Gasteiger partial charge on any atom is -0.333 e. The normalized spacial score (nSPS) is 12.8. The summed E-state index contributed by atoms with van der Waals surface area (Å²) in [6.07, 6.45) is 0. The van der Waals surface area contributed by atoms with E-state index in [0.29, 0.717) is 24.3 Å². The quantitative estimate of drug-likeness (QED) is 0.622. The van der Waals surface area contributed by atoms with Crippen molar-refractivity contribution in [2.24, 2.45) is 0 Å². The van der Waals surface area contributed by atoms with Crippen LogP contribution in [0.4, 0.5) is 16.2 Å². The molecule has 2 heterocycles. The number of urea groups is 1. The summed E-state index contributed by atoms with van der Waals surface area (Å²) < 4.78 is 0. The number of fused-ring (bicyclic) bond motifs is 2. The monoisotopic (exact) mass is 409 g/mol. The number of anilines is 2. The second-order valence-corrected chi connectivity index (χ2v) is 8.33. The number of carbonyl (C=O) groups is 2. The van der Waals surface area contributed by atoms with Crippen molar-refractivity contribution < 1.29 is 9.59 Å². The molecule has 7 heteroatoms. The fourth-order valence-corrected chi connectivity index (χ4v) is 4.77. The van der Waals surface area contributed by atoms with Crippen LogP contribution < -0.4 is 15.5 Å². The van der Waals surface area contributed by atoms with E-state index in [1.807, 2.05) is 66.9 Å². The van der Waals surface area contributed by atoms with Crippen molar-refractivity contribution in [3.63, 3.8) is 0 Å². The van der Waals surface area contributed by atoms with Gasteiger partial charge in [-0.15, -0.1) is 11.3 Å². The van der Waals surface area contributed by atoms with Gasteiger partial charge in [0.05, 0.1) is 17.8 Å². The number of carbonyl (C=O) groups excluding carboxylic acids is 2. The van der Waals surface area contributed by atoms with Crippen molar-refractivity contribution in [1.82, 2.24) is 5.32 Å². The molecule has 0 saturated carbocycles. The Balaban J connectivity index is 1.56. The van der Waals surface area contributed by atoms with Gasteiger partial charge in [-0.3, -0.25) is 4.79 Å². The number of benzene rings is 2. The van der Waals surface area contributed by atoms with Gasteiger partial charge in [0.25, 0.3) is 5.91 Å². The number of hydrogen-bond donors (Lipinski definition) is 2. The number of nitrogens with zero attached hydrogens (tertiary/aromatic N) is 1. The third-order valence-corrected chi connectivity index (χ3v) is 6.43. The number of amides is 3. The lowest BCUT2D eigenvalue weighted by molar-refractivity contribution is 0.0985. The zero-order chi connectivity index (χ0) is 19.5. The molecule has 1 aliphatic rings. The molecule has 5 nitrogen and oxygen atoms in total. The predicted molar refractivity (Wildman–Crippen MR) is 115 cm³/mol. The van der Waals surface area contributed by atoms with E-state index in [2.05, 4.69) is 10.6 Å². The van der Waals surface area contributed by atoms with Crippen LogP contribution in [0.3, 0.4) is 0 Å². The van der Waals surface area contributed by atoms with Crippen LogP contribution in [-0.4, -0.2) is 18.5 Å². The van der Waals surface area contributed by atoms with Crippen LogP contribution in [0, 0.1) is 0 Å². The van der Waals surface area contributed by atoms with E-state index < -0.39 is 0 Å². The molecule has 0 radical (unpaired) electrons. The Morgan fingerprint density at radius 2 is 1.93 bits per heavy atom. The lowest BCUT2D eigenvalue weighted by Gasteiger charge is -2.22. The molecule has 0 spiro atoms. The third kappa shape index (κ3) is 3.76. The van der Waals surface area contributed by atoms with E-state index in [1.54, 1.807) is 28.0 Å². The molecular weight excluding hydrogens is 390 g/mol. The Morgan fingerprint density at radius 1 is 1.07 bits per heavy atom. The molecular formula is C21H19N3O2S2. The van der Waals surface area contributed by atoms with Crippen molar-refractivity contribution in [1.29, 1.82) is 0 Å². The Hall–Kier alpha value is -2.77. The average Bonchev–Trinajstić information content (AvgIpc) is 3.19. The first-order valence-electron chi connectivity index (χ1n) is 8.95. The maximum Gasteiger partial charge on any atom is 0.319 e. The highest BCUT2D eigenvalue weighted by molar-refractivity contribution is 7.99. The first-order chi connectivity index (χ1) is 13.7. The number of hydrogen-bond acceptors (Lipinski definition) is 4. The zero-order valence-corrected chi connectivity index (χ0v) is 16.9. The van der Waals surface area contributed by atoms with Crippen LogP contribution in [0.1, 0.15) is 22.2 Å². The van der Waals surface area contributed by atoms with Crippen LogP contribution in [0.2, 0.25) is 0 Å². The summed E-state index contributed by atoms with van der Waals surface area (Å²) >= 11 is 3.17. The average molecular weight is 410 g/mol. The van der Waals surface area contributed by atoms with Crippen LogP contribution in [0.5, 0.6) is 0 Å². The topological polar surface area (TPSA) is 61.4 Å².